The zero-order valence-electron chi connectivity index (χ0n) is 21.3. The van der Waals surface area contributed by atoms with Crippen molar-refractivity contribution >= 4 is 11.6 Å². The van der Waals surface area contributed by atoms with Gasteiger partial charge >= 0.3 is 0 Å². The van der Waals surface area contributed by atoms with Gasteiger partial charge in [-0.3, -0.25) is 0 Å². The van der Waals surface area contributed by atoms with Gasteiger partial charge in [-0.2, -0.15) is 0 Å². The minimum Gasteiger partial charge on any atom is -0.0840 e. The van der Waals surface area contributed by atoms with Crippen LogP contribution in [0.3, 0.4) is 0 Å². The molecule has 0 aromatic heterocycles. The predicted octanol–water partition coefficient (Wildman–Crippen LogP) is 9.40. The van der Waals surface area contributed by atoms with Crippen molar-refractivity contribution in [3.63, 3.8) is 0 Å². The molecule has 0 unspecified atom stereocenters. The first-order valence-electron chi connectivity index (χ1n) is 13.5. The third-order valence-corrected chi connectivity index (χ3v) is 9.21. The van der Waals surface area contributed by atoms with Crippen molar-refractivity contribution in [3.8, 4) is 11.1 Å². The fourth-order valence-corrected chi connectivity index (χ4v) is 7.91. The van der Waals surface area contributed by atoms with Crippen molar-refractivity contribution in [1.29, 1.82) is 0 Å². The summed E-state index contributed by atoms with van der Waals surface area (Å²) in [7, 11) is 0. The Hall–Kier alpha value is -4.39. The molecule has 0 bridgehead atoms. The lowest BCUT2D eigenvalue weighted by Gasteiger charge is -2.50. The minimum atomic E-state index is -0.579. The summed E-state index contributed by atoms with van der Waals surface area (Å²) in [6, 6.07) is 55.2. The van der Waals surface area contributed by atoms with Crippen LogP contribution in [0.25, 0.3) is 11.1 Å². The number of benzene rings is 6. The van der Waals surface area contributed by atoms with Crippen molar-refractivity contribution in [2.45, 2.75) is 10.8 Å². The number of fused-ring (bicyclic) bond motifs is 9. The van der Waals surface area contributed by atoms with E-state index in [1.54, 1.807) is 0 Å². The summed E-state index contributed by atoms with van der Waals surface area (Å²) in [5, 5.41) is 0.788. The molecule has 6 aromatic rings. The van der Waals surface area contributed by atoms with Gasteiger partial charge in [-0.15, -0.1) is 0 Å². The second-order valence-electron chi connectivity index (χ2n) is 10.5. The number of hydrogen-bond acceptors (Lipinski definition) is 0. The van der Waals surface area contributed by atoms with Crippen molar-refractivity contribution < 1.29 is 0 Å². The predicted molar refractivity (Wildman–Crippen MR) is 161 cm³/mol. The molecule has 184 valence electrons. The first kappa shape index (κ1) is 22.6. The summed E-state index contributed by atoms with van der Waals surface area (Å²) in [5.74, 6) is 0. The quantitative estimate of drug-likeness (QED) is 0.214. The highest BCUT2D eigenvalue weighted by molar-refractivity contribution is 6.32. The Kier molecular flexibility index (Phi) is 4.81. The molecule has 6 aromatic carbocycles. The molecule has 0 saturated carbocycles. The highest BCUT2D eigenvalue weighted by Gasteiger charge is 2.57. The minimum absolute atomic E-state index is 0.475. The summed E-state index contributed by atoms with van der Waals surface area (Å²) < 4.78 is 0. The van der Waals surface area contributed by atoms with E-state index in [2.05, 4.69) is 152 Å². The Morgan fingerprint density at radius 2 is 0.744 bits per heavy atom. The molecule has 0 aliphatic heterocycles. The fourth-order valence-electron chi connectivity index (χ4n) is 7.59. The van der Waals surface area contributed by atoms with Crippen LogP contribution in [0.5, 0.6) is 0 Å². The molecular formula is C38H25Cl. The van der Waals surface area contributed by atoms with Crippen LogP contribution in [0.1, 0.15) is 44.5 Å². The first-order valence-corrected chi connectivity index (χ1v) is 13.9. The average Bonchev–Trinajstić information content (AvgIpc) is 3.30. The molecule has 0 nitrogen and oxygen atoms in total. The molecule has 0 saturated heterocycles. The van der Waals surface area contributed by atoms with Crippen molar-refractivity contribution in [1.82, 2.24) is 0 Å². The fraction of sp³-hybridized carbons (Fsp3) is 0.0526. The standard InChI is InChI=1S/C38H25Cl/c39-35-25-13-24-34-36(35)37(26-14-3-1-4-15-26,27-16-5-2-6-17-27)32-22-11-12-23-33(32)38(34)30-20-9-7-18-28(30)29-19-8-10-21-31(29)38/h1-25H. The van der Waals surface area contributed by atoms with Crippen LogP contribution >= 0.6 is 11.6 Å². The topological polar surface area (TPSA) is 0 Å². The number of hydrogen-bond donors (Lipinski definition) is 0. The van der Waals surface area contributed by atoms with Gasteiger partial charge < -0.3 is 0 Å². The Labute approximate surface area is 234 Å². The van der Waals surface area contributed by atoms with E-state index in [1.807, 2.05) is 0 Å². The average molecular weight is 517 g/mol. The molecule has 1 spiro atoms. The SMILES string of the molecule is Clc1cccc2c1C(c1ccccc1)(c1ccccc1)c1ccccc1C21c2ccccc2-c2ccccc21. The smallest absolute Gasteiger partial charge is 0.0722 e. The van der Waals surface area contributed by atoms with Crippen LogP contribution in [0.4, 0.5) is 0 Å². The zero-order chi connectivity index (χ0) is 26.0. The van der Waals surface area contributed by atoms with Crippen LogP contribution in [-0.4, -0.2) is 0 Å². The molecule has 0 N–H and O–H groups in total. The van der Waals surface area contributed by atoms with Gasteiger partial charge in [0.25, 0.3) is 0 Å². The van der Waals surface area contributed by atoms with Gasteiger partial charge in [-0.1, -0.05) is 157 Å². The molecule has 39 heavy (non-hydrogen) atoms. The Morgan fingerprint density at radius 1 is 0.333 bits per heavy atom. The van der Waals surface area contributed by atoms with Crippen LogP contribution in [0.15, 0.2) is 152 Å². The molecule has 1 heteroatoms. The molecule has 8 rings (SSSR count). The molecule has 0 heterocycles. The van der Waals surface area contributed by atoms with Crippen LogP contribution < -0.4 is 0 Å². The van der Waals surface area contributed by atoms with Gasteiger partial charge in [0.1, 0.15) is 0 Å². The van der Waals surface area contributed by atoms with E-state index in [1.165, 1.54) is 50.1 Å². The van der Waals surface area contributed by atoms with E-state index in [0.29, 0.717) is 0 Å². The third kappa shape index (κ3) is 2.74. The van der Waals surface area contributed by atoms with Gasteiger partial charge in [-0.25, -0.2) is 0 Å². The van der Waals surface area contributed by atoms with Crippen molar-refractivity contribution in [2.75, 3.05) is 0 Å². The van der Waals surface area contributed by atoms with Gasteiger partial charge in [0.15, 0.2) is 0 Å². The number of rotatable bonds is 2. The Bertz CT molecular complexity index is 1780. The van der Waals surface area contributed by atoms with Crippen LogP contribution in [0, 0.1) is 0 Å². The molecular weight excluding hydrogens is 492 g/mol. The highest BCUT2D eigenvalue weighted by Crippen LogP contribution is 2.65. The first-order chi connectivity index (χ1) is 19.3. The van der Waals surface area contributed by atoms with E-state index in [4.69, 9.17) is 11.6 Å². The summed E-state index contributed by atoms with van der Waals surface area (Å²) >= 11 is 7.41. The maximum atomic E-state index is 7.41. The maximum absolute atomic E-state index is 7.41. The highest BCUT2D eigenvalue weighted by atomic mass is 35.5. The van der Waals surface area contributed by atoms with E-state index in [-0.39, 0.29) is 0 Å². The largest absolute Gasteiger partial charge is 0.0840 e. The van der Waals surface area contributed by atoms with Crippen LogP contribution in [-0.2, 0) is 10.8 Å². The van der Waals surface area contributed by atoms with E-state index >= 15 is 0 Å². The van der Waals surface area contributed by atoms with Crippen molar-refractivity contribution in [3.05, 3.63) is 201 Å². The summed E-state index contributed by atoms with van der Waals surface area (Å²) in [5.41, 5.74) is 11.6. The van der Waals surface area contributed by atoms with Crippen LogP contribution in [0.2, 0.25) is 5.02 Å². The Balaban J connectivity index is 1.65. The number of halogens is 1. The molecule has 0 radical (unpaired) electrons. The molecule has 0 amide bonds. The van der Waals surface area contributed by atoms with E-state index in [9.17, 15) is 0 Å². The van der Waals surface area contributed by atoms with Gasteiger partial charge in [0, 0.05) is 5.02 Å². The third-order valence-electron chi connectivity index (χ3n) is 8.89. The lowest BCUT2D eigenvalue weighted by Crippen LogP contribution is -2.44. The second kappa shape index (κ2) is 8.30. The lowest BCUT2D eigenvalue weighted by molar-refractivity contribution is 0.624. The molecule has 0 fully saturated rings. The Morgan fingerprint density at radius 3 is 1.28 bits per heavy atom. The van der Waals surface area contributed by atoms with E-state index < -0.39 is 10.8 Å². The molecule has 2 aliphatic rings. The van der Waals surface area contributed by atoms with Crippen molar-refractivity contribution in [2.24, 2.45) is 0 Å². The summed E-state index contributed by atoms with van der Waals surface area (Å²) in [6.07, 6.45) is 0. The summed E-state index contributed by atoms with van der Waals surface area (Å²) in [4.78, 5) is 0. The molecule has 0 atom stereocenters. The lowest BCUT2D eigenvalue weighted by atomic mass is 9.51. The molecule has 2 aliphatic carbocycles. The van der Waals surface area contributed by atoms with Gasteiger partial charge in [0.2, 0.25) is 0 Å². The monoisotopic (exact) mass is 516 g/mol. The van der Waals surface area contributed by atoms with Gasteiger partial charge in [0.05, 0.1) is 10.8 Å². The normalized spacial score (nSPS) is 15.2. The maximum Gasteiger partial charge on any atom is 0.0722 e. The zero-order valence-corrected chi connectivity index (χ0v) is 22.1. The summed E-state index contributed by atoms with van der Waals surface area (Å²) in [6.45, 7) is 0. The van der Waals surface area contributed by atoms with Gasteiger partial charge in [-0.05, 0) is 61.7 Å². The van der Waals surface area contributed by atoms with E-state index in [0.717, 1.165) is 10.6 Å². The second-order valence-corrected chi connectivity index (χ2v) is 10.9.